The first-order valence-electron chi connectivity index (χ1n) is 11.5. The van der Waals surface area contributed by atoms with E-state index in [4.69, 9.17) is 4.74 Å². The van der Waals surface area contributed by atoms with Crippen LogP contribution in [0.3, 0.4) is 0 Å². The topological polar surface area (TPSA) is 83.7 Å². The van der Waals surface area contributed by atoms with Crippen LogP contribution in [0.5, 0.6) is 0 Å². The number of carbonyl (C=O) groups excluding carboxylic acids is 1. The van der Waals surface area contributed by atoms with Crippen LogP contribution in [-0.4, -0.2) is 74.7 Å². The van der Waals surface area contributed by atoms with E-state index in [1.54, 1.807) is 6.20 Å². The van der Waals surface area contributed by atoms with Crippen molar-refractivity contribution in [3.05, 3.63) is 47.3 Å². The van der Waals surface area contributed by atoms with E-state index in [9.17, 15) is 9.90 Å². The lowest BCUT2D eigenvalue weighted by atomic mass is 10.0. The number of aliphatic hydroxyl groups excluding tert-OH is 1. The number of hydrogen-bond donors (Lipinski definition) is 1. The second-order valence-electron chi connectivity index (χ2n) is 9.14. The third-order valence-corrected chi connectivity index (χ3v) is 6.20. The zero-order valence-corrected chi connectivity index (χ0v) is 19.8. The van der Waals surface area contributed by atoms with Gasteiger partial charge in [-0.05, 0) is 32.9 Å². The number of rotatable bonds is 6. The van der Waals surface area contributed by atoms with Crippen LogP contribution < -0.4 is 0 Å². The van der Waals surface area contributed by atoms with Crippen LogP contribution in [0.2, 0.25) is 0 Å². The summed E-state index contributed by atoms with van der Waals surface area (Å²) in [6, 6.07) is 8.36. The predicted molar refractivity (Wildman–Crippen MR) is 123 cm³/mol. The van der Waals surface area contributed by atoms with Gasteiger partial charge in [0.05, 0.1) is 37.3 Å². The molecule has 8 nitrogen and oxygen atoms in total. The predicted octanol–water partition coefficient (Wildman–Crippen LogP) is 2.24. The van der Waals surface area contributed by atoms with E-state index in [1.807, 2.05) is 16.5 Å². The molecule has 2 aromatic rings. The van der Waals surface area contributed by atoms with Crippen molar-refractivity contribution in [3.63, 3.8) is 0 Å². The Morgan fingerprint density at radius 2 is 2.06 bits per heavy atom. The number of amides is 1. The fourth-order valence-electron chi connectivity index (χ4n) is 4.12. The lowest BCUT2D eigenvalue weighted by molar-refractivity contribution is -0.136. The monoisotopic (exact) mass is 443 g/mol. The molecule has 0 spiro atoms. The van der Waals surface area contributed by atoms with Crippen LogP contribution in [0.25, 0.3) is 0 Å². The molecule has 2 heterocycles. The molecule has 0 aliphatic carbocycles. The molecule has 1 aromatic carbocycles. The van der Waals surface area contributed by atoms with Gasteiger partial charge in [0, 0.05) is 38.5 Å². The number of carbonyl (C=O) groups is 1. The lowest BCUT2D eigenvalue weighted by Crippen LogP contribution is -2.47. The average Bonchev–Trinajstić information content (AvgIpc) is 3.22. The molecule has 1 N–H and O–H groups in total. The number of aryl methyl sites for hydroxylation is 2. The molecule has 0 saturated carbocycles. The summed E-state index contributed by atoms with van der Waals surface area (Å²) in [6.45, 7) is 9.22. The molecule has 0 unspecified atom stereocenters. The van der Waals surface area contributed by atoms with Crippen LogP contribution in [0.4, 0.5) is 0 Å². The Bertz CT molecular complexity index is 854. The van der Waals surface area contributed by atoms with Crippen LogP contribution in [0.1, 0.15) is 43.5 Å². The van der Waals surface area contributed by atoms with Crippen molar-refractivity contribution in [1.29, 1.82) is 0 Å². The number of fused-ring (bicyclic) bond motifs is 1. The molecule has 32 heavy (non-hydrogen) atoms. The van der Waals surface area contributed by atoms with Gasteiger partial charge in [0.2, 0.25) is 5.91 Å². The molecule has 1 amide bonds. The summed E-state index contributed by atoms with van der Waals surface area (Å²) in [7, 11) is 2.09. The quantitative estimate of drug-likeness (QED) is 0.737. The fourth-order valence-corrected chi connectivity index (χ4v) is 4.12. The van der Waals surface area contributed by atoms with Crippen LogP contribution in [0.15, 0.2) is 30.5 Å². The summed E-state index contributed by atoms with van der Waals surface area (Å²) >= 11 is 0. The second kappa shape index (κ2) is 11.5. The molecule has 3 rings (SSSR count). The maximum atomic E-state index is 12.9. The molecule has 0 fully saturated rings. The maximum Gasteiger partial charge on any atom is 0.222 e. The number of aromatic nitrogens is 3. The van der Waals surface area contributed by atoms with Gasteiger partial charge >= 0.3 is 0 Å². The molecule has 1 aliphatic heterocycles. The number of hydrogen-bond acceptors (Lipinski definition) is 6. The maximum absolute atomic E-state index is 12.9. The van der Waals surface area contributed by atoms with Gasteiger partial charge in [-0.1, -0.05) is 42.0 Å². The smallest absolute Gasteiger partial charge is 0.222 e. The first-order valence-corrected chi connectivity index (χ1v) is 11.5. The van der Waals surface area contributed by atoms with Crippen LogP contribution >= 0.6 is 0 Å². The number of aliphatic hydroxyl groups is 1. The van der Waals surface area contributed by atoms with E-state index in [2.05, 4.69) is 60.4 Å². The van der Waals surface area contributed by atoms with Crippen molar-refractivity contribution < 1.29 is 14.6 Å². The van der Waals surface area contributed by atoms with Gasteiger partial charge in [-0.3, -0.25) is 9.69 Å². The van der Waals surface area contributed by atoms with E-state index < -0.39 is 0 Å². The molecular weight excluding hydrogens is 406 g/mol. The Morgan fingerprint density at radius 3 is 2.78 bits per heavy atom. The van der Waals surface area contributed by atoms with Gasteiger partial charge < -0.3 is 14.7 Å². The van der Waals surface area contributed by atoms with E-state index >= 15 is 0 Å². The highest BCUT2D eigenvalue weighted by molar-refractivity contribution is 5.76. The molecule has 0 bridgehead atoms. The van der Waals surface area contributed by atoms with Crippen molar-refractivity contribution in [3.8, 4) is 0 Å². The highest BCUT2D eigenvalue weighted by Crippen LogP contribution is 2.19. The number of ether oxygens (including phenoxy) is 1. The zero-order valence-electron chi connectivity index (χ0n) is 19.8. The summed E-state index contributed by atoms with van der Waals surface area (Å²) < 4.78 is 8.22. The number of likely N-dealkylation sites (N-methyl/N-ethyl adjacent to an activating group) is 1. The Morgan fingerprint density at radius 1 is 1.31 bits per heavy atom. The third-order valence-electron chi connectivity index (χ3n) is 6.20. The number of nitrogens with zero attached hydrogens (tertiary/aromatic N) is 5. The lowest BCUT2D eigenvalue weighted by Gasteiger charge is -2.35. The van der Waals surface area contributed by atoms with Gasteiger partial charge in [0.15, 0.2) is 0 Å². The summed E-state index contributed by atoms with van der Waals surface area (Å²) in [5.74, 6) is 0.157. The van der Waals surface area contributed by atoms with Crippen molar-refractivity contribution in [2.24, 2.45) is 5.92 Å². The fraction of sp³-hybridized carbons (Fsp3) is 0.625. The van der Waals surface area contributed by atoms with Crippen molar-refractivity contribution in [1.82, 2.24) is 24.8 Å². The normalized spacial score (nSPS) is 21.7. The van der Waals surface area contributed by atoms with E-state index in [1.165, 1.54) is 11.1 Å². The van der Waals surface area contributed by atoms with Crippen LogP contribution in [0, 0.1) is 12.8 Å². The van der Waals surface area contributed by atoms with Crippen molar-refractivity contribution in [2.75, 3.05) is 26.7 Å². The average molecular weight is 444 g/mol. The van der Waals surface area contributed by atoms with Gasteiger partial charge in [0.25, 0.3) is 0 Å². The molecule has 0 saturated heterocycles. The minimum absolute atomic E-state index is 0.0511. The summed E-state index contributed by atoms with van der Waals surface area (Å²) in [4.78, 5) is 17.0. The van der Waals surface area contributed by atoms with Gasteiger partial charge in [0.1, 0.15) is 0 Å². The minimum Gasteiger partial charge on any atom is -0.394 e. The Balaban J connectivity index is 1.76. The van der Waals surface area contributed by atoms with Gasteiger partial charge in [-0.2, -0.15) is 0 Å². The molecule has 8 heteroatoms. The van der Waals surface area contributed by atoms with E-state index in [0.717, 1.165) is 18.8 Å². The van der Waals surface area contributed by atoms with E-state index in [-0.39, 0.29) is 30.6 Å². The highest BCUT2D eigenvalue weighted by atomic mass is 16.5. The Hall–Kier alpha value is -2.29. The summed E-state index contributed by atoms with van der Waals surface area (Å²) in [5.41, 5.74) is 3.43. The summed E-state index contributed by atoms with van der Waals surface area (Å²) in [5, 5.41) is 17.9. The van der Waals surface area contributed by atoms with Crippen molar-refractivity contribution >= 4 is 5.91 Å². The molecule has 176 valence electrons. The SMILES string of the molecule is Cc1ccc(CN(C)C[C@@H]2OCc3cnnn3CCCC(=O)N([C@H](C)CO)C[C@@H]2C)cc1. The standard InChI is InChI=1S/C24H37N5O3/c1-18-7-9-21(10-8-18)14-27(4)15-23-19(2)13-28(20(3)16-30)24(31)6-5-11-29-22(17-32-23)12-25-26-29/h7-10,12,19-20,23,30H,5-6,11,13-17H2,1-4H3/t19-,20+,23-/m0/s1. The largest absolute Gasteiger partial charge is 0.394 e. The van der Waals surface area contributed by atoms with E-state index in [0.29, 0.717) is 32.5 Å². The number of benzene rings is 1. The molecular formula is C24H37N5O3. The summed E-state index contributed by atoms with van der Waals surface area (Å²) in [6.07, 6.45) is 2.76. The molecule has 0 radical (unpaired) electrons. The first-order chi connectivity index (χ1) is 15.4. The first kappa shape index (κ1) is 24.4. The third kappa shape index (κ3) is 6.60. The minimum atomic E-state index is -0.222. The van der Waals surface area contributed by atoms with Crippen LogP contribution in [-0.2, 0) is 29.2 Å². The Labute approximate surface area is 191 Å². The van der Waals surface area contributed by atoms with Gasteiger partial charge in [-0.25, -0.2) is 4.68 Å². The van der Waals surface area contributed by atoms with Crippen molar-refractivity contribution in [2.45, 2.75) is 65.5 Å². The molecule has 1 aliphatic rings. The van der Waals surface area contributed by atoms with Gasteiger partial charge in [-0.15, -0.1) is 5.10 Å². The molecule has 1 aromatic heterocycles. The highest BCUT2D eigenvalue weighted by Gasteiger charge is 2.28. The Kier molecular flexibility index (Phi) is 8.78. The molecule has 3 atom stereocenters. The second-order valence-corrected chi connectivity index (χ2v) is 9.14. The zero-order chi connectivity index (χ0) is 23.1.